The average molecular weight is 297 g/mol. The summed E-state index contributed by atoms with van der Waals surface area (Å²) in [5, 5.41) is 20.3. The molecule has 114 valence electrons. The first-order valence-electron chi connectivity index (χ1n) is 7.55. The third-order valence-corrected chi connectivity index (χ3v) is 3.87. The minimum absolute atomic E-state index is 0.597. The Balaban J connectivity index is 1.35. The Morgan fingerprint density at radius 3 is 3.32 bits per heavy atom. The second kappa shape index (κ2) is 7.05. The molecule has 6 nitrogen and oxygen atoms in total. The van der Waals surface area contributed by atoms with Gasteiger partial charge in [-0.2, -0.15) is 5.26 Å². The van der Waals surface area contributed by atoms with Crippen LogP contribution in [0, 0.1) is 17.2 Å². The summed E-state index contributed by atoms with van der Waals surface area (Å²) in [6.45, 7) is 3.35. The molecule has 0 amide bonds. The maximum atomic E-state index is 8.84. The maximum absolute atomic E-state index is 8.84. The van der Waals surface area contributed by atoms with E-state index in [0.29, 0.717) is 18.1 Å². The van der Waals surface area contributed by atoms with Gasteiger partial charge in [-0.05, 0) is 37.1 Å². The van der Waals surface area contributed by atoms with Gasteiger partial charge >= 0.3 is 0 Å². The third kappa shape index (κ3) is 3.62. The molecule has 1 aliphatic rings. The molecule has 0 fully saturated rings. The molecule has 0 spiro atoms. The molecule has 22 heavy (non-hydrogen) atoms. The van der Waals surface area contributed by atoms with Gasteiger partial charge in [0.25, 0.3) is 0 Å². The minimum Gasteiger partial charge on any atom is -0.492 e. The number of hydrogen-bond acceptors (Lipinski definition) is 5. The highest BCUT2D eigenvalue weighted by Crippen LogP contribution is 2.17. The number of aromatic nitrogens is 3. The van der Waals surface area contributed by atoms with Gasteiger partial charge in [0.2, 0.25) is 0 Å². The molecular formula is C16H19N5O. The first-order chi connectivity index (χ1) is 10.8. The van der Waals surface area contributed by atoms with Crippen molar-refractivity contribution in [3.8, 4) is 11.8 Å². The zero-order valence-electron chi connectivity index (χ0n) is 12.4. The fourth-order valence-electron chi connectivity index (χ4n) is 2.70. The van der Waals surface area contributed by atoms with Crippen molar-refractivity contribution >= 4 is 0 Å². The number of rotatable bonds is 6. The summed E-state index contributed by atoms with van der Waals surface area (Å²) in [6.07, 6.45) is 3.97. The van der Waals surface area contributed by atoms with Gasteiger partial charge in [-0.25, -0.2) is 0 Å². The molecule has 2 heterocycles. The summed E-state index contributed by atoms with van der Waals surface area (Å²) in [4.78, 5) is 0. The van der Waals surface area contributed by atoms with Crippen LogP contribution in [0.2, 0.25) is 0 Å². The number of hydrogen-bond donors (Lipinski definition) is 1. The van der Waals surface area contributed by atoms with Crippen molar-refractivity contribution in [1.29, 1.82) is 5.26 Å². The summed E-state index contributed by atoms with van der Waals surface area (Å²) < 4.78 is 7.78. The van der Waals surface area contributed by atoms with Crippen LogP contribution in [0.15, 0.2) is 30.6 Å². The molecule has 6 heteroatoms. The quantitative estimate of drug-likeness (QED) is 0.815. The molecule has 0 radical (unpaired) electrons. The predicted molar refractivity (Wildman–Crippen MR) is 81.4 cm³/mol. The molecule has 1 aromatic heterocycles. The van der Waals surface area contributed by atoms with Crippen LogP contribution in [0.25, 0.3) is 0 Å². The van der Waals surface area contributed by atoms with Crippen LogP contribution in [0.5, 0.6) is 5.75 Å². The van der Waals surface area contributed by atoms with E-state index in [1.54, 1.807) is 12.1 Å². The lowest BCUT2D eigenvalue weighted by molar-refractivity contribution is 0.295. The maximum Gasteiger partial charge on any atom is 0.132 e. The van der Waals surface area contributed by atoms with E-state index in [4.69, 9.17) is 10.00 Å². The van der Waals surface area contributed by atoms with Gasteiger partial charge in [-0.1, -0.05) is 6.07 Å². The second-order valence-corrected chi connectivity index (χ2v) is 5.50. The van der Waals surface area contributed by atoms with E-state index in [2.05, 4.69) is 26.2 Å². The van der Waals surface area contributed by atoms with Gasteiger partial charge in [0, 0.05) is 19.5 Å². The molecule has 0 saturated carbocycles. The first-order valence-corrected chi connectivity index (χ1v) is 7.55. The Morgan fingerprint density at radius 2 is 2.41 bits per heavy atom. The summed E-state index contributed by atoms with van der Waals surface area (Å²) >= 11 is 0. The van der Waals surface area contributed by atoms with Gasteiger partial charge in [-0.15, -0.1) is 10.2 Å². The lowest BCUT2D eigenvalue weighted by atomic mass is 9.99. The third-order valence-electron chi connectivity index (χ3n) is 3.87. The van der Waals surface area contributed by atoms with Crippen molar-refractivity contribution in [2.45, 2.75) is 19.4 Å². The minimum atomic E-state index is 0.597. The molecule has 3 rings (SSSR count). The topological polar surface area (TPSA) is 75.8 Å². The molecule has 1 atom stereocenters. The van der Waals surface area contributed by atoms with Crippen LogP contribution < -0.4 is 10.1 Å². The Kier molecular flexibility index (Phi) is 4.66. The van der Waals surface area contributed by atoms with Crippen LogP contribution in [0.1, 0.15) is 17.8 Å². The van der Waals surface area contributed by atoms with E-state index in [1.165, 1.54) is 0 Å². The van der Waals surface area contributed by atoms with E-state index in [-0.39, 0.29) is 0 Å². The highest BCUT2D eigenvalue weighted by Gasteiger charge is 2.18. The summed E-state index contributed by atoms with van der Waals surface area (Å²) in [7, 11) is 0. The molecule has 1 unspecified atom stereocenters. The molecule has 1 aromatic carbocycles. The van der Waals surface area contributed by atoms with Gasteiger partial charge in [0.15, 0.2) is 0 Å². The lowest BCUT2D eigenvalue weighted by Gasteiger charge is -2.23. The number of nitriles is 1. The lowest BCUT2D eigenvalue weighted by Crippen LogP contribution is -2.32. The number of ether oxygens (including phenoxy) is 1. The van der Waals surface area contributed by atoms with Crippen molar-refractivity contribution in [1.82, 2.24) is 20.1 Å². The highest BCUT2D eigenvalue weighted by molar-refractivity contribution is 5.36. The van der Waals surface area contributed by atoms with Crippen LogP contribution in [0.4, 0.5) is 0 Å². The van der Waals surface area contributed by atoms with Crippen molar-refractivity contribution in [2.75, 3.05) is 19.7 Å². The standard InChI is InChI=1S/C16H19N5O/c17-9-13-2-1-3-15(8-13)22-7-6-18-10-14-4-5-16-20-19-12-21(16)11-14/h1-3,8,12,14,18H,4-7,10-11H2. The Labute approximate surface area is 129 Å². The summed E-state index contributed by atoms with van der Waals surface area (Å²) in [6, 6.07) is 9.34. The largest absolute Gasteiger partial charge is 0.492 e. The van der Waals surface area contributed by atoms with Gasteiger partial charge in [0.1, 0.15) is 24.5 Å². The molecule has 1 N–H and O–H groups in total. The second-order valence-electron chi connectivity index (χ2n) is 5.50. The Hall–Kier alpha value is -2.39. The van der Waals surface area contributed by atoms with E-state index < -0.39 is 0 Å². The van der Waals surface area contributed by atoms with E-state index >= 15 is 0 Å². The van der Waals surface area contributed by atoms with Crippen LogP contribution in [0.3, 0.4) is 0 Å². The van der Waals surface area contributed by atoms with E-state index in [1.807, 2.05) is 18.5 Å². The van der Waals surface area contributed by atoms with Crippen molar-refractivity contribution in [3.63, 3.8) is 0 Å². The van der Waals surface area contributed by atoms with E-state index in [0.717, 1.165) is 44.0 Å². The number of nitrogens with zero attached hydrogens (tertiary/aromatic N) is 4. The van der Waals surface area contributed by atoms with Gasteiger partial charge < -0.3 is 14.6 Å². The molecule has 0 bridgehead atoms. The van der Waals surface area contributed by atoms with Crippen LogP contribution >= 0.6 is 0 Å². The number of aryl methyl sites for hydroxylation is 1. The Morgan fingerprint density at radius 1 is 1.45 bits per heavy atom. The normalized spacial score (nSPS) is 16.8. The first kappa shape index (κ1) is 14.5. The zero-order chi connectivity index (χ0) is 15.2. The molecule has 0 aliphatic carbocycles. The molecule has 2 aromatic rings. The summed E-state index contributed by atoms with van der Waals surface area (Å²) in [5.41, 5.74) is 0.623. The number of fused-ring (bicyclic) bond motifs is 1. The molecular weight excluding hydrogens is 278 g/mol. The van der Waals surface area contributed by atoms with Gasteiger partial charge in [0.05, 0.1) is 11.6 Å². The molecule has 1 aliphatic heterocycles. The smallest absolute Gasteiger partial charge is 0.132 e. The van der Waals surface area contributed by atoms with E-state index in [9.17, 15) is 0 Å². The predicted octanol–water partition coefficient (Wildman–Crippen LogP) is 1.38. The number of nitrogens with one attached hydrogen (secondary N) is 1. The van der Waals surface area contributed by atoms with Crippen LogP contribution in [-0.4, -0.2) is 34.5 Å². The van der Waals surface area contributed by atoms with Crippen molar-refractivity contribution in [3.05, 3.63) is 42.0 Å². The Bertz CT molecular complexity index is 661. The monoisotopic (exact) mass is 297 g/mol. The average Bonchev–Trinajstić information content (AvgIpc) is 3.02. The van der Waals surface area contributed by atoms with Crippen LogP contribution in [-0.2, 0) is 13.0 Å². The van der Waals surface area contributed by atoms with Crippen molar-refractivity contribution in [2.24, 2.45) is 5.92 Å². The number of benzene rings is 1. The van der Waals surface area contributed by atoms with Crippen molar-refractivity contribution < 1.29 is 4.74 Å². The fourth-order valence-corrected chi connectivity index (χ4v) is 2.70. The van der Waals surface area contributed by atoms with Gasteiger partial charge in [-0.3, -0.25) is 0 Å². The zero-order valence-corrected chi connectivity index (χ0v) is 12.4. The fraction of sp³-hybridized carbons (Fsp3) is 0.438. The summed E-state index contributed by atoms with van der Waals surface area (Å²) in [5.74, 6) is 2.45. The SMILES string of the molecule is N#Cc1cccc(OCCNCC2CCc3nncn3C2)c1. The molecule has 0 saturated heterocycles. The highest BCUT2D eigenvalue weighted by atomic mass is 16.5.